The van der Waals surface area contributed by atoms with Crippen molar-refractivity contribution in [3.63, 3.8) is 0 Å². The van der Waals surface area contributed by atoms with Crippen molar-refractivity contribution in [2.75, 3.05) is 31.1 Å². The number of carboxylic acids is 2. The Kier molecular flexibility index (Phi) is 10.8. The highest BCUT2D eigenvalue weighted by atomic mass is 19.4. The number of rotatable bonds is 3. The monoisotopic (exact) mass is 558 g/mol. The van der Waals surface area contributed by atoms with Crippen molar-refractivity contribution in [3.8, 4) is 0 Å². The number of anilines is 1. The fraction of sp³-hybridized carbons (Fsp3) is 0.571. The number of fused-ring (bicyclic) bond motifs is 1. The van der Waals surface area contributed by atoms with Crippen LogP contribution in [0.4, 0.5) is 36.7 Å². The van der Waals surface area contributed by atoms with Crippen LogP contribution in [-0.4, -0.2) is 85.3 Å². The lowest BCUT2D eigenvalue weighted by Gasteiger charge is -2.31. The Labute approximate surface area is 211 Å². The summed E-state index contributed by atoms with van der Waals surface area (Å²) < 4.78 is 78.7. The van der Waals surface area contributed by atoms with E-state index in [2.05, 4.69) is 29.5 Å². The van der Waals surface area contributed by atoms with Gasteiger partial charge in [-0.3, -0.25) is 4.68 Å². The molecule has 17 heteroatoms. The Hall–Kier alpha value is -3.50. The summed E-state index contributed by atoms with van der Waals surface area (Å²) in [4.78, 5) is 30.9. The molecule has 0 saturated carbocycles. The number of likely N-dealkylation sites (tertiary alicyclic amines) is 1. The molecule has 0 amide bonds. The Morgan fingerprint density at radius 2 is 1.45 bits per heavy atom. The summed E-state index contributed by atoms with van der Waals surface area (Å²) in [5.41, 5.74) is 1.16. The predicted molar refractivity (Wildman–Crippen MR) is 116 cm³/mol. The quantitative estimate of drug-likeness (QED) is 0.547. The minimum atomic E-state index is -5.08. The minimum absolute atomic E-state index is 0.400. The van der Waals surface area contributed by atoms with Crippen molar-refractivity contribution in [3.05, 3.63) is 36.2 Å². The lowest BCUT2D eigenvalue weighted by Crippen LogP contribution is -2.39. The summed E-state index contributed by atoms with van der Waals surface area (Å²) in [6.45, 7) is 5.94. The van der Waals surface area contributed by atoms with E-state index in [0.29, 0.717) is 18.4 Å². The Balaban J connectivity index is 0.000000301. The van der Waals surface area contributed by atoms with Crippen molar-refractivity contribution in [2.45, 2.75) is 44.7 Å². The van der Waals surface area contributed by atoms with Crippen LogP contribution in [0, 0.1) is 11.7 Å². The molecule has 2 N–H and O–H groups in total. The molecule has 4 heterocycles. The molecule has 0 aromatic carbocycles. The number of halogens is 7. The lowest BCUT2D eigenvalue weighted by atomic mass is 10.1. The number of aliphatic carboxylic acids is 2. The summed E-state index contributed by atoms with van der Waals surface area (Å²) in [5.74, 6) is -4.86. The van der Waals surface area contributed by atoms with Crippen LogP contribution >= 0.6 is 0 Å². The van der Waals surface area contributed by atoms with Gasteiger partial charge in [-0.2, -0.15) is 31.4 Å². The van der Waals surface area contributed by atoms with E-state index in [-0.39, 0.29) is 0 Å². The molecule has 10 nitrogen and oxygen atoms in total. The molecule has 1 unspecified atom stereocenters. The normalized spacial score (nSPS) is 18.2. The third-order valence-corrected chi connectivity index (χ3v) is 5.41. The largest absolute Gasteiger partial charge is 0.490 e. The van der Waals surface area contributed by atoms with Gasteiger partial charge in [0.05, 0.1) is 24.6 Å². The lowest BCUT2D eigenvalue weighted by molar-refractivity contribution is -0.193. The van der Waals surface area contributed by atoms with Crippen molar-refractivity contribution in [1.29, 1.82) is 0 Å². The first-order chi connectivity index (χ1) is 17.7. The first-order valence-electron chi connectivity index (χ1n) is 11.2. The highest BCUT2D eigenvalue weighted by Crippen LogP contribution is 2.22. The van der Waals surface area contributed by atoms with Gasteiger partial charge < -0.3 is 20.0 Å². The average molecular weight is 558 g/mol. The van der Waals surface area contributed by atoms with E-state index in [0.717, 1.165) is 25.3 Å². The van der Waals surface area contributed by atoms with Crippen LogP contribution in [0.25, 0.3) is 0 Å². The number of aromatic nitrogens is 4. The van der Waals surface area contributed by atoms with E-state index >= 15 is 0 Å². The Bertz CT molecular complexity index is 1020. The molecule has 1 atom stereocenters. The minimum Gasteiger partial charge on any atom is -0.475 e. The van der Waals surface area contributed by atoms with Crippen molar-refractivity contribution in [2.24, 2.45) is 5.92 Å². The van der Waals surface area contributed by atoms with Crippen LogP contribution in [0.15, 0.2) is 24.7 Å². The van der Waals surface area contributed by atoms with Gasteiger partial charge in [-0.15, -0.1) is 0 Å². The van der Waals surface area contributed by atoms with Gasteiger partial charge in [0.25, 0.3) is 0 Å². The van der Waals surface area contributed by atoms with Crippen molar-refractivity contribution < 1.29 is 50.5 Å². The smallest absolute Gasteiger partial charge is 0.475 e. The van der Waals surface area contributed by atoms with E-state index in [1.54, 1.807) is 0 Å². The maximum atomic E-state index is 13.1. The third kappa shape index (κ3) is 10.1. The SMILES string of the molecule is Fc1cnc(N2Cc3ccnn3CC(CN3CCCCC3)C2)nc1.O=C(O)C(F)(F)F.O=C(O)C(F)(F)F. The molecule has 0 radical (unpaired) electrons. The molecular formula is C21H25F7N6O4. The third-order valence-electron chi connectivity index (χ3n) is 5.41. The number of carbonyl (C=O) groups is 2. The number of hydrogen-bond acceptors (Lipinski definition) is 7. The topological polar surface area (TPSA) is 125 Å². The number of nitrogens with zero attached hydrogens (tertiary/aromatic N) is 6. The van der Waals surface area contributed by atoms with Gasteiger partial charge in [0, 0.05) is 31.7 Å². The van der Waals surface area contributed by atoms with E-state index in [9.17, 15) is 30.7 Å². The van der Waals surface area contributed by atoms with Crippen LogP contribution in [0.3, 0.4) is 0 Å². The van der Waals surface area contributed by atoms with Gasteiger partial charge >= 0.3 is 24.3 Å². The van der Waals surface area contributed by atoms with Gasteiger partial charge in [-0.05, 0) is 32.0 Å². The summed E-state index contributed by atoms with van der Waals surface area (Å²) >= 11 is 0. The fourth-order valence-corrected chi connectivity index (χ4v) is 3.78. The van der Waals surface area contributed by atoms with E-state index in [4.69, 9.17) is 19.8 Å². The predicted octanol–water partition coefficient (Wildman–Crippen LogP) is 3.20. The van der Waals surface area contributed by atoms with Crippen LogP contribution < -0.4 is 4.90 Å². The zero-order chi connectivity index (χ0) is 28.5. The van der Waals surface area contributed by atoms with E-state index in [1.807, 2.05) is 12.3 Å². The number of alkyl halides is 6. The second-order valence-electron chi connectivity index (χ2n) is 8.42. The zero-order valence-corrected chi connectivity index (χ0v) is 19.8. The molecule has 2 aromatic rings. The van der Waals surface area contributed by atoms with E-state index in [1.165, 1.54) is 44.7 Å². The average Bonchev–Trinajstić information content (AvgIpc) is 3.18. The second kappa shape index (κ2) is 13.3. The van der Waals surface area contributed by atoms with E-state index < -0.39 is 30.1 Å². The van der Waals surface area contributed by atoms with Gasteiger partial charge in [0.2, 0.25) is 5.95 Å². The van der Waals surface area contributed by atoms with Gasteiger partial charge in [0.1, 0.15) is 0 Å². The molecule has 1 saturated heterocycles. The first kappa shape index (κ1) is 30.7. The van der Waals surface area contributed by atoms with Gasteiger partial charge in [-0.25, -0.2) is 23.9 Å². The number of hydrogen-bond donors (Lipinski definition) is 2. The van der Waals surface area contributed by atoms with Crippen LogP contribution in [-0.2, 0) is 22.7 Å². The molecule has 1 fully saturated rings. The van der Waals surface area contributed by atoms with Gasteiger partial charge in [-0.1, -0.05) is 6.42 Å². The highest BCUT2D eigenvalue weighted by molar-refractivity contribution is 5.73. The summed E-state index contributed by atoms with van der Waals surface area (Å²) in [6.07, 6.45) is -1.90. The Morgan fingerprint density at radius 3 is 1.95 bits per heavy atom. The molecule has 2 aliphatic heterocycles. The molecule has 2 aliphatic rings. The second-order valence-corrected chi connectivity index (χ2v) is 8.42. The molecule has 0 spiro atoms. The zero-order valence-electron chi connectivity index (χ0n) is 19.8. The van der Waals surface area contributed by atoms with Gasteiger partial charge in [0.15, 0.2) is 5.82 Å². The van der Waals surface area contributed by atoms with Crippen molar-refractivity contribution in [1.82, 2.24) is 24.6 Å². The van der Waals surface area contributed by atoms with Crippen molar-refractivity contribution >= 4 is 17.9 Å². The number of carboxylic acid groups (broad SMARTS) is 2. The number of piperidine rings is 1. The molecule has 38 heavy (non-hydrogen) atoms. The maximum absolute atomic E-state index is 13.1. The maximum Gasteiger partial charge on any atom is 0.490 e. The van der Waals surface area contributed by atoms with Crippen LogP contribution in [0.1, 0.15) is 25.0 Å². The standard InChI is InChI=1S/C17H23FN6.2C2HF3O2/c18-15-8-19-17(20-9-15)23-11-14(10-22-6-2-1-3-7-22)12-24-16(13-23)4-5-21-24;2*3-2(4,5)1(6)7/h4-5,8-9,14H,1-3,6-7,10-13H2;2*(H,6,7). The molecule has 0 bridgehead atoms. The summed E-state index contributed by atoms with van der Waals surface area (Å²) in [6, 6.07) is 2.04. The highest BCUT2D eigenvalue weighted by Gasteiger charge is 2.38. The molecule has 212 valence electrons. The molecular weight excluding hydrogens is 533 g/mol. The molecule has 2 aromatic heterocycles. The Morgan fingerprint density at radius 1 is 0.921 bits per heavy atom. The van der Waals surface area contributed by atoms with Crippen LogP contribution in [0.5, 0.6) is 0 Å². The first-order valence-corrected chi connectivity index (χ1v) is 11.2. The summed E-state index contributed by atoms with van der Waals surface area (Å²) in [5, 5.41) is 18.7. The molecule has 4 rings (SSSR count). The molecule has 0 aliphatic carbocycles. The van der Waals surface area contributed by atoms with Crippen LogP contribution in [0.2, 0.25) is 0 Å². The summed E-state index contributed by atoms with van der Waals surface area (Å²) in [7, 11) is 0. The fourth-order valence-electron chi connectivity index (χ4n) is 3.78.